The van der Waals surface area contributed by atoms with Crippen LogP contribution in [0.15, 0.2) is 42.6 Å². The number of pyridine rings is 1. The topological polar surface area (TPSA) is 94.6 Å². The molecule has 0 aliphatic rings. The number of carbonyl (C=O) groups is 3. The molecule has 0 saturated heterocycles. The molecular weight excluding hydrogens is 312 g/mol. The standard InChI is InChI=1S/C17H16N2O5/c1-3-24-17(22)13-7-8-18-14(10-13)19-15(20)11-5-4-6-12(9-11)16(21)23-2/h4-10H,3H2,1-2H3,(H,18,19,20). The highest BCUT2D eigenvalue weighted by atomic mass is 16.5. The Bertz CT molecular complexity index is 773. The van der Waals surface area contributed by atoms with Gasteiger partial charge in [0.2, 0.25) is 0 Å². The van der Waals surface area contributed by atoms with E-state index in [4.69, 9.17) is 4.74 Å². The molecule has 0 radical (unpaired) electrons. The Morgan fingerprint density at radius 2 is 1.75 bits per heavy atom. The maximum absolute atomic E-state index is 12.3. The summed E-state index contributed by atoms with van der Waals surface area (Å²) in [5, 5.41) is 2.57. The van der Waals surface area contributed by atoms with E-state index < -0.39 is 17.8 Å². The Kier molecular flexibility index (Phi) is 5.62. The number of amides is 1. The number of carbonyl (C=O) groups excluding carboxylic acids is 3. The lowest BCUT2D eigenvalue weighted by Crippen LogP contribution is -2.15. The van der Waals surface area contributed by atoms with Crippen molar-refractivity contribution in [2.75, 3.05) is 19.0 Å². The molecule has 24 heavy (non-hydrogen) atoms. The van der Waals surface area contributed by atoms with Crippen molar-refractivity contribution in [3.8, 4) is 0 Å². The maximum atomic E-state index is 12.3. The summed E-state index contributed by atoms with van der Waals surface area (Å²) in [7, 11) is 1.26. The number of hydrogen-bond acceptors (Lipinski definition) is 6. The van der Waals surface area contributed by atoms with Gasteiger partial charge in [0.1, 0.15) is 5.82 Å². The highest BCUT2D eigenvalue weighted by molar-refractivity contribution is 6.05. The van der Waals surface area contributed by atoms with Gasteiger partial charge in [0.05, 0.1) is 24.8 Å². The van der Waals surface area contributed by atoms with E-state index in [2.05, 4.69) is 15.0 Å². The molecule has 1 aromatic heterocycles. The van der Waals surface area contributed by atoms with Crippen molar-refractivity contribution in [2.45, 2.75) is 6.92 Å². The number of nitrogens with one attached hydrogen (secondary N) is 1. The van der Waals surface area contributed by atoms with E-state index in [1.165, 1.54) is 31.5 Å². The average molecular weight is 328 g/mol. The lowest BCUT2D eigenvalue weighted by atomic mass is 10.1. The minimum Gasteiger partial charge on any atom is -0.465 e. The third kappa shape index (κ3) is 4.16. The summed E-state index contributed by atoms with van der Waals surface area (Å²) in [6.45, 7) is 1.96. The Balaban J connectivity index is 2.16. The van der Waals surface area contributed by atoms with Gasteiger partial charge in [-0.3, -0.25) is 4.79 Å². The van der Waals surface area contributed by atoms with Crippen molar-refractivity contribution >= 4 is 23.7 Å². The molecule has 124 valence electrons. The number of methoxy groups -OCH3 is 1. The van der Waals surface area contributed by atoms with E-state index in [1.54, 1.807) is 25.1 Å². The summed E-state index contributed by atoms with van der Waals surface area (Å²) in [4.78, 5) is 39.5. The largest absolute Gasteiger partial charge is 0.465 e. The van der Waals surface area contributed by atoms with E-state index in [1.807, 2.05) is 0 Å². The molecular formula is C17H16N2O5. The molecule has 0 fully saturated rings. The van der Waals surface area contributed by atoms with Crippen molar-refractivity contribution in [1.82, 2.24) is 4.98 Å². The number of nitrogens with zero attached hydrogens (tertiary/aromatic N) is 1. The first-order chi connectivity index (χ1) is 11.5. The lowest BCUT2D eigenvalue weighted by Gasteiger charge is -2.07. The molecule has 0 atom stereocenters. The third-order valence-corrected chi connectivity index (χ3v) is 3.06. The van der Waals surface area contributed by atoms with Crippen LogP contribution in [0.3, 0.4) is 0 Å². The first kappa shape index (κ1) is 17.1. The Morgan fingerprint density at radius 1 is 1.04 bits per heavy atom. The van der Waals surface area contributed by atoms with Gasteiger partial charge in [-0.25, -0.2) is 14.6 Å². The van der Waals surface area contributed by atoms with E-state index in [-0.39, 0.29) is 29.1 Å². The first-order valence-electron chi connectivity index (χ1n) is 7.18. The monoisotopic (exact) mass is 328 g/mol. The number of esters is 2. The van der Waals surface area contributed by atoms with Crippen LogP contribution in [0.4, 0.5) is 5.82 Å². The molecule has 0 bridgehead atoms. The maximum Gasteiger partial charge on any atom is 0.338 e. The minimum atomic E-state index is -0.535. The number of benzene rings is 1. The highest BCUT2D eigenvalue weighted by Crippen LogP contribution is 2.12. The Hall–Kier alpha value is -3.22. The fourth-order valence-electron chi connectivity index (χ4n) is 1.93. The predicted octanol–water partition coefficient (Wildman–Crippen LogP) is 2.30. The van der Waals surface area contributed by atoms with E-state index in [9.17, 15) is 14.4 Å². The second-order valence-corrected chi connectivity index (χ2v) is 4.68. The van der Waals surface area contributed by atoms with Gasteiger partial charge in [-0.2, -0.15) is 0 Å². The van der Waals surface area contributed by atoms with Crippen LogP contribution < -0.4 is 5.32 Å². The van der Waals surface area contributed by atoms with Crippen LogP contribution in [-0.4, -0.2) is 36.5 Å². The predicted molar refractivity (Wildman–Crippen MR) is 85.9 cm³/mol. The van der Waals surface area contributed by atoms with Crippen molar-refractivity contribution in [1.29, 1.82) is 0 Å². The van der Waals surface area contributed by atoms with Gasteiger partial charge in [-0.05, 0) is 37.3 Å². The molecule has 2 aromatic rings. The Morgan fingerprint density at radius 3 is 2.46 bits per heavy atom. The molecule has 0 spiro atoms. The zero-order chi connectivity index (χ0) is 17.5. The van der Waals surface area contributed by atoms with Gasteiger partial charge in [0.25, 0.3) is 5.91 Å². The van der Waals surface area contributed by atoms with Gasteiger partial charge in [0, 0.05) is 11.8 Å². The molecule has 0 aliphatic heterocycles. The van der Waals surface area contributed by atoms with Crippen molar-refractivity contribution in [3.05, 3.63) is 59.3 Å². The van der Waals surface area contributed by atoms with Crippen LogP contribution in [0, 0.1) is 0 Å². The van der Waals surface area contributed by atoms with Crippen LogP contribution in [0.5, 0.6) is 0 Å². The minimum absolute atomic E-state index is 0.203. The molecule has 0 unspecified atom stereocenters. The molecule has 1 aromatic carbocycles. The van der Waals surface area contributed by atoms with Gasteiger partial charge < -0.3 is 14.8 Å². The Labute approximate surface area is 138 Å². The van der Waals surface area contributed by atoms with E-state index >= 15 is 0 Å². The second-order valence-electron chi connectivity index (χ2n) is 4.68. The number of hydrogen-bond donors (Lipinski definition) is 1. The van der Waals surface area contributed by atoms with E-state index in [0.717, 1.165) is 0 Å². The van der Waals surface area contributed by atoms with Gasteiger partial charge in [-0.15, -0.1) is 0 Å². The summed E-state index contributed by atoms with van der Waals surface area (Å²) < 4.78 is 9.52. The van der Waals surface area contributed by atoms with Gasteiger partial charge >= 0.3 is 11.9 Å². The molecule has 2 rings (SSSR count). The zero-order valence-corrected chi connectivity index (χ0v) is 13.2. The van der Waals surface area contributed by atoms with Crippen LogP contribution >= 0.6 is 0 Å². The molecule has 7 heteroatoms. The van der Waals surface area contributed by atoms with Crippen LogP contribution in [0.1, 0.15) is 38.0 Å². The third-order valence-electron chi connectivity index (χ3n) is 3.06. The quantitative estimate of drug-likeness (QED) is 0.846. The smallest absolute Gasteiger partial charge is 0.338 e. The number of ether oxygens (including phenoxy) is 2. The van der Waals surface area contributed by atoms with Crippen LogP contribution in [0.25, 0.3) is 0 Å². The highest BCUT2D eigenvalue weighted by Gasteiger charge is 2.13. The zero-order valence-electron chi connectivity index (χ0n) is 13.2. The van der Waals surface area contributed by atoms with Gasteiger partial charge in [0.15, 0.2) is 0 Å². The molecule has 0 aliphatic carbocycles. The first-order valence-corrected chi connectivity index (χ1v) is 7.18. The summed E-state index contributed by atoms with van der Waals surface area (Å²) in [5.41, 5.74) is 0.810. The average Bonchev–Trinajstić information content (AvgIpc) is 2.61. The summed E-state index contributed by atoms with van der Waals surface area (Å²) in [6, 6.07) is 8.99. The van der Waals surface area contributed by atoms with Crippen molar-refractivity contribution < 1.29 is 23.9 Å². The number of aromatic nitrogens is 1. The number of rotatable bonds is 5. The fraction of sp³-hybridized carbons (Fsp3) is 0.176. The normalized spacial score (nSPS) is 9.92. The van der Waals surface area contributed by atoms with E-state index in [0.29, 0.717) is 0 Å². The molecule has 7 nitrogen and oxygen atoms in total. The second kappa shape index (κ2) is 7.87. The molecule has 1 heterocycles. The number of anilines is 1. The van der Waals surface area contributed by atoms with Crippen molar-refractivity contribution in [2.24, 2.45) is 0 Å². The summed E-state index contributed by atoms with van der Waals surface area (Å²) in [5.74, 6) is -1.29. The fourth-order valence-corrected chi connectivity index (χ4v) is 1.93. The van der Waals surface area contributed by atoms with Crippen LogP contribution in [0.2, 0.25) is 0 Å². The SMILES string of the molecule is CCOC(=O)c1ccnc(NC(=O)c2cccc(C(=O)OC)c2)c1. The summed E-state index contributed by atoms with van der Waals surface area (Å²) >= 11 is 0. The van der Waals surface area contributed by atoms with Crippen molar-refractivity contribution in [3.63, 3.8) is 0 Å². The molecule has 1 N–H and O–H groups in total. The lowest BCUT2D eigenvalue weighted by molar-refractivity contribution is 0.0525. The summed E-state index contributed by atoms with van der Waals surface area (Å²) in [6.07, 6.45) is 1.40. The molecule has 1 amide bonds. The molecule has 0 saturated carbocycles. The van der Waals surface area contributed by atoms with Gasteiger partial charge in [-0.1, -0.05) is 6.07 Å². The van der Waals surface area contributed by atoms with Crippen LogP contribution in [-0.2, 0) is 9.47 Å².